The van der Waals surface area contributed by atoms with Crippen LogP contribution in [0, 0.1) is 76.4 Å². The van der Waals surface area contributed by atoms with Crippen LogP contribution in [0.2, 0.25) is 0 Å². The zero-order valence-corrected chi connectivity index (χ0v) is 23.3. The van der Waals surface area contributed by atoms with Crippen molar-refractivity contribution in [3.63, 3.8) is 0 Å². The molecule has 2 fully saturated rings. The molecule has 0 spiro atoms. The SMILES string of the molecule is CC[C-]=C(CC)C(=[C-]c1ccccc1)C1=C(c2ccccc2)CC1.[CH]1[CH][CH][CH][CH]1.[CH]1[CH][CH][CH][CH]1.[Zr+4]. The van der Waals surface area contributed by atoms with Crippen LogP contribution in [-0.4, -0.2) is 0 Å². The van der Waals surface area contributed by atoms with Crippen molar-refractivity contribution in [1.29, 1.82) is 0 Å². The van der Waals surface area contributed by atoms with Crippen molar-refractivity contribution in [2.24, 2.45) is 0 Å². The monoisotopic (exact) mass is 532 g/mol. The Labute approximate surface area is 235 Å². The quantitative estimate of drug-likeness (QED) is 0.258. The molecule has 0 nitrogen and oxygen atoms in total. The third-order valence-corrected chi connectivity index (χ3v) is 5.61. The second kappa shape index (κ2) is 17.9. The number of benzene rings is 2. The molecule has 3 aliphatic carbocycles. The molecule has 0 aromatic heterocycles. The molecule has 2 aromatic rings. The van der Waals surface area contributed by atoms with Crippen molar-refractivity contribution >= 4 is 5.57 Å². The molecule has 0 atom stereocenters. The second-order valence-electron chi connectivity index (χ2n) is 7.98. The van der Waals surface area contributed by atoms with Crippen LogP contribution in [0.15, 0.2) is 77.4 Å². The van der Waals surface area contributed by atoms with Gasteiger partial charge in [-0.05, 0) is 76.2 Å². The average molecular weight is 534 g/mol. The topological polar surface area (TPSA) is 0 Å². The van der Waals surface area contributed by atoms with Crippen LogP contribution in [-0.2, 0) is 26.2 Å². The fourth-order valence-electron chi connectivity index (χ4n) is 3.85. The largest absolute Gasteiger partial charge is 4.00 e. The first-order chi connectivity index (χ1) is 16.8. The maximum atomic E-state index is 3.68. The molecule has 0 amide bonds. The van der Waals surface area contributed by atoms with Gasteiger partial charge in [0.05, 0.1) is 0 Å². The van der Waals surface area contributed by atoms with E-state index in [0.717, 1.165) is 31.2 Å². The number of rotatable bonds is 6. The predicted octanol–water partition coefficient (Wildman–Crippen LogP) is 8.60. The van der Waals surface area contributed by atoms with Gasteiger partial charge in [0.25, 0.3) is 0 Å². The van der Waals surface area contributed by atoms with E-state index in [2.05, 4.69) is 86.7 Å². The van der Waals surface area contributed by atoms with E-state index in [4.69, 9.17) is 0 Å². The summed E-state index contributed by atoms with van der Waals surface area (Å²) in [6, 6.07) is 21.2. The molecule has 0 bridgehead atoms. The maximum Gasteiger partial charge on any atom is 4.00 e. The molecule has 0 aliphatic heterocycles. The maximum absolute atomic E-state index is 3.68. The Morgan fingerprint density at radius 3 is 1.54 bits per heavy atom. The van der Waals surface area contributed by atoms with Gasteiger partial charge in [-0.3, -0.25) is 11.1 Å². The van der Waals surface area contributed by atoms with E-state index in [1.807, 2.05) is 64.2 Å². The summed E-state index contributed by atoms with van der Waals surface area (Å²) in [4.78, 5) is 0. The van der Waals surface area contributed by atoms with Crippen molar-refractivity contribution in [1.82, 2.24) is 0 Å². The minimum Gasteiger partial charge on any atom is -0.313 e. The summed E-state index contributed by atoms with van der Waals surface area (Å²) < 4.78 is 0. The normalized spacial score (nSPS) is 17.4. The molecule has 2 aromatic carbocycles. The van der Waals surface area contributed by atoms with Gasteiger partial charge in [0, 0.05) is 0 Å². The zero-order chi connectivity index (χ0) is 23.8. The van der Waals surface area contributed by atoms with Crippen LogP contribution < -0.4 is 0 Å². The van der Waals surface area contributed by atoms with Gasteiger partial charge in [-0.1, -0.05) is 80.8 Å². The molecule has 10 radical (unpaired) electrons. The number of hydrogen-bond acceptors (Lipinski definition) is 0. The summed E-state index contributed by atoms with van der Waals surface area (Å²) in [7, 11) is 0. The third kappa shape index (κ3) is 10.2. The summed E-state index contributed by atoms with van der Waals surface area (Å²) in [5.41, 5.74) is 7.96. The Morgan fingerprint density at radius 1 is 0.657 bits per heavy atom. The molecule has 172 valence electrons. The van der Waals surface area contributed by atoms with Crippen LogP contribution in [0.5, 0.6) is 0 Å². The van der Waals surface area contributed by atoms with Crippen LogP contribution in [0.1, 0.15) is 50.7 Å². The van der Waals surface area contributed by atoms with Gasteiger partial charge in [-0.2, -0.15) is 5.57 Å². The van der Waals surface area contributed by atoms with Crippen LogP contribution in [0.3, 0.4) is 0 Å². The van der Waals surface area contributed by atoms with E-state index in [-0.39, 0.29) is 26.2 Å². The van der Waals surface area contributed by atoms with Crippen molar-refractivity contribution < 1.29 is 26.2 Å². The molecule has 0 heterocycles. The van der Waals surface area contributed by atoms with Crippen molar-refractivity contribution in [3.05, 3.63) is 165 Å². The van der Waals surface area contributed by atoms with E-state index in [1.54, 1.807) is 0 Å². The van der Waals surface area contributed by atoms with Gasteiger partial charge in [0.1, 0.15) is 0 Å². The van der Waals surface area contributed by atoms with Gasteiger partial charge in [0.2, 0.25) is 0 Å². The van der Waals surface area contributed by atoms with E-state index in [9.17, 15) is 0 Å². The minimum absolute atomic E-state index is 0. The van der Waals surface area contributed by atoms with Gasteiger partial charge in [0.15, 0.2) is 0 Å². The van der Waals surface area contributed by atoms with Crippen LogP contribution >= 0.6 is 0 Å². The van der Waals surface area contributed by atoms with E-state index >= 15 is 0 Å². The fourth-order valence-corrected chi connectivity index (χ4v) is 3.85. The van der Waals surface area contributed by atoms with Gasteiger partial charge < -0.3 is 6.08 Å². The van der Waals surface area contributed by atoms with Gasteiger partial charge in [-0.25, -0.2) is 6.08 Å². The van der Waals surface area contributed by atoms with Gasteiger partial charge >= 0.3 is 26.2 Å². The molecular formula is C34H34Zr+2. The molecular weight excluding hydrogens is 500 g/mol. The molecule has 2 saturated carbocycles. The first-order valence-corrected chi connectivity index (χ1v) is 12.2. The van der Waals surface area contributed by atoms with Gasteiger partial charge in [-0.15, -0.1) is 24.1 Å². The molecule has 0 saturated heterocycles. The average Bonchev–Trinajstić information content (AvgIpc) is 3.62. The molecule has 3 aliphatic rings. The van der Waals surface area contributed by atoms with Crippen molar-refractivity contribution in [2.75, 3.05) is 0 Å². The summed E-state index contributed by atoms with van der Waals surface area (Å²) in [6.45, 7) is 4.37. The standard InChI is InChI=1S/C24H24.2C5H5.Zr/c1-3-11-20(4-2)24(18-19-12-7-5-8-13-19)23-17-16-22(23)21-14-9-6-10-15-21;2*1-2-4-5-3-1;/h5-10,12-15H,3-4,16-17H2,1-2H3;2*1-5H;/q-2;;;+4. The second-order valence-corrected chi connectivity index (χ2v) is 7.98. The summed E-state index contributed by atoms with van der Waals surface area (Å²) in [5.74, 6) is 0. The Balaban J connectivity index is 0.000000324. The van der Waals surface area contributed by atoms with E-state index in [0.29, 0.717) is 0 Å². The number of hydrogen-bond donors (Lipinski definition) is 0. The van der Waals surface area contributed by atoms with Crippen molar-refractivity contribution in [2.45, 2.75) is 39.5 Å². The first-order valence-electron chi connectivity index (χ1n) is 12.2. The molecule has 1 heteroatoms. The molecule has 5 rings (SSSR count). The Kier molecular flexibility index (Phi) is 15.2. The Hall–Kier alpha value is -1.46. The van der Waals surface area contributed by atoms with Crippen LogP contribution in [0.25, 0.3) is 5.57 Å². The van der Waals surface area contributed by atoms with E-state index in [1.165, 1.54) is 27.9 Å². The molecule has 35 heavy (non-hydrogen) atoms. The van der Waals surface area contributed by atoms with Crippen LogP contribution in [0.4, 0.5) is 0 Å². The van der Waals surface area contributed by atoms with E-state index < -0.39 is 0 Å². The first kappa shape index (κ1) is 29.8. The zero-order valence-electron chi connectivity index (χ0n) is 20.9. The summed E-state index contributed by atoms with van der Waals surface area (Å²) in [5, 5.41) is 0. The molecule has 0 N–H and O–H groups in total. The number of allylic oxidation sites excluding steroid dienone is 5. The minimum atomic E-state index is 0. The summed E-state index contributed by atoms with van der Waals surface area (Å²) in [6.07, 6.45) is 31.5. The Morgan fingerprint density at radius 2 is 1.14 bits per heavy atom. The fraction of sp³-hybridized carbons (Fsp3) is 0.176. The smallest absolute Gasteiger partial charge is 0.313 e. The molecule has 0 unspecified atom stereocenters. The predicted molar refractivity (Wildman–Crippen MR) is 145 cm³/mol. The van der Waals surface area contributed by atoms with Crippen molar-refractivity contribution in [3.8, 4) is 0 Å². The summed E-state index contributed by atoms with van der Waals surface area (Å²) >= 11 is 0. The third-order valence-electron chi connectivity index (χ3n) is 5.61. The Bertz CT molecular complexity index is 884.